The van der Waals surface area contributed by atoms with Gasteiger partial charge in [-0.05, 0) is 88.2 Å². The number of fused-ring (bicyclic) bond motifs is 12. The highest BCUT2D eigenvalue weighted by Crippen LogP contribution is 2.50. The van der Waals surface area contributed by atoms with E-state index >= 15 is 0 Å². The molecule has 244 valence electrons. The molecular weight excluding hydrogens is 645 g/mol. The Morgan fingerprint density at radius 2 is 0.887 bits per heavy atom. The zero-order valence-electron chi connectivity index (χ0n) is 28.5. The van der Waals surface area contributed by atoms with Crippen molar-refractivity contribution in [2.45, 2.75) is 0 Å². The molecule has 0 spiro atoms. The zero-order valence-corrected chi connectivity index (χ0v) is 28.5. The lowest BCUT2D eigenvalue weighted by atomic mass is 9.34. The second-order valence-electron chi connectivity index (χ2n) is 14.5. The molecule has 4 nitrogen and oxygen atoms in total. The average molecular weight is 674 g/mol. The molecule has 53 heavy (non-hydrogen) atoms. The van der Waals surface area contributed by atoms with Crippen LogP contribution in [0.15, 0.2) is 170 Å². The van der Waals surface area contributed by atoms with Crippen LogP contribution in [0.5, 0.6) is 11.5 Å². The van der Waals surface area contributed by atoms with Gasteiger partial charge in [-0.1, -0.05) is 109 Å². The van der Waals surface area contributed by atoms with Gasteiger partial charge < -0.3 is 18.8 Å². The van der Waals surface area contributed by atoms with Crippen LogP contribution in [0.4, 0.5) is 17.1 Å². The summed E-state index contributed by atoms with van der Waals surface area (Å²) in [6, 6.07) is 62.1. The average Bonchev–Trinajstić information content (AvgIpc) is 3.74. The third-order valence-corrected chi connectivity index (χ3v) is 11.9. The van der Waals surface area contributed by atoms with Gasteiger partial charge in [-0.15, -0.1) is 0 Å². The second kappa shape index (κ2) is 9.87. The molecule has 0 saturated carbocycles. The molecule has 10 aromatic rings. The van der Waals surface area contributed by atoms with Gasteiger partial charge in [0.2, 0.25) is 0 Å². The van der Waals surface area contributed by atoms with Crippen molar-refractivity contribution in [3.05, 3.63) is 170 Å². The van der Waals surface area contributed by atoms with Gasteiger partial charge in [0.05, 0.1) is 22.4 Å². The highest BCUT2D eigenvalue weighted by Gasteiger charge is 2.41. The maximum Gasteiger partial charge on any atom is 0.252 e. The van der Waals surface area contributed by atoms with Crippen LogP contribution in [0.3, 0.4) is 0 Å². The Morgan fingerprint density at radius 3 is 1.45 bits per heavy atom. The lowest BCUT2D eigenvalue weighted by Gasteiger charge is -2.34. The van der Waals surface area contributed by atoms with Crippen molar-refractivity contribution in [3.8, 4) is 34.0 Å². The molecule has 0 aliphatic carbocycles. The number of aromatic nitrogens is 2. The van der Waals surface area contributed by atoms with E-state index in [0.29, 0.717) is 0 Å². The Balaban J connectivity index is 1.09. The van der Waals surface area contributed by atoms with Crippen LogP contribution >= 0.6 is 0 Å². The summed E-state index contributed by atoms with van der Waals surface area (Å²) < 4.78 is 11.4. The normalized spacial score (nSPS) is 13.4. The number of hydrogen-bond acceptors (Lipinski definition) is 2. The van der Waals surface area contributed by atoms with Gasteiger partial charge in [-0.3, -0.25) is 0 Å². The zero-order chi connectivity index (χ0) is 34.4. The van der Waals surface area contributed by atoms with E-state index < -0.39 is 0 Å². The van der Waals surface area contributed by atoms with Gasteiger partial charge in [0.25, 0.3) is 6.71 Å². The third-order valence-electron chi connectivity index (χ3n) is 11.9. The topological polar surface area (TPSA) is 22.3 Å². The van der Waals surface area contributed by atoms with Crippen molar-refractivity contribution in [1.82, 2.24) is 9.13 Å². The summed E-state index contributed by atoms with van der Waals surface area (Å²) in [5.41, 5.74) is 17.3. The quantitative estimate of drug-likeness (QED) is 0.171. The molecular formula is C48H28BN3O. The first-order valence-electron chi connectivity index (χ1n) is 18.3. The van der Waals surface area contributed by atoms with Gasteiger partial charge in [0.1, 0.15) is 0 Å². The van der Waals surface area contributed by atoms with E-state index in [9.17, 15) is 0 Å². The Morgan fingerprint density at radius 1 is 0.396 bits per heavy atom. The number of benzene rings is 8. The first-order valence-corrected chi connectivity index (χ1v) is 18.3. The summed E-state index contributed by atoms with van der Waals surface area (Å²) >= 11 is 0. The van der Waals surface area contributed by atoms with Gasteiger partial charge in [-0.25, -0.2) is 0 Å². The van der Waals surface area contributed by atoms with Crippen LogP contribution in [0.1, 0.15) is 0 Å². The van der Waals surface area contributed by atoms with E-state index in [0.717, 1.165) is 28.6 Å². The summed E-state index contributed by atoms with van der Waals surface area (Å²) in [4.78, 5) is 2.30. The lowest BCUT2D eigenvalue weighted by molar-refractivity contribution is 0.477. The van der Waals surface area contributed by atoms with Crippen LogP contribution in [0.25, 0.3) is 66.1 Å². The molecule has 0 bridgehead atoms. The third kappa shape index (κ3) is 3.47. The van der Waals surface area contributed by atoms with Crippen molar-refractivity contribution in [1.29, 1.82) is 0 Å². The van der Waals surface area contributed by atoms with Crippen LogP contribution in [0, 0.1) is 0 Å². The van der Waals surface area contributed by atoms with E-state index in [4.69, 9.17) is 4.74 Å². The second-order valence-corrected chi connectivity index (χ2v) is 14.5. The molecule has 2 aromatic heterocycles. The number of para-hydroxylation sites is 8. The summed E-state index contributed by atoms with van der Waals surface area (Å²) in [7, 11) is 0. The maximum atomic E-state index is 6.31. The van der Waals surface area contributed by atoms with E-state index in [-0.39, 0.29) is 6.71 Å². The number of rotatable bonds is 2. The number of anilines is 3. The predicted molar refractivity (Wildman–Crippen MR) is 220 cm³/mol. The van der Waals surface area contributed by atoms with Crippen LogP contribution < -0.4 is 26.0 Å². The van der Waals surface area contributed by atoms with Gasteiger partial charge >= 0.3 is 0 Å². The van der Waals surface area contributed by atoms with Crippen molar-refractivity contribution in [2.24, 2.45) is 0 Å². The largest absolute Gasteiger partial charge is 0.453 e. The highest BCUT2D eigenvalue weighted by atomic mass is 16.5. The van der Waals surface area contributed by atoms with E-state index in [1.807, 2.05) is 24.3 Å². The fraction of sp³-hybridized carbons (Fsp3) is 0. The predicted octanol–water partition coefficient (Wildman–Crippen LogP) is 10.3. The molecule has 3 aliphatic heterocycles. The summed E-state index contributed by atoms with van der Waals surface area (Å²) in [5.74, 6) is 1.71. The minimum absolute atomic E-state index is 0.124. The molecule has 0 atom stereocenters. The molecule has 13 rings (SSSR count). The van der Waals surface area contributed by atoms with Gasteiger partial charge in [0.15, 0.2) is 11.5 Å². The molecule has 0 saturated heterocycles. The van der Waals surface area contributed by atoms with Crippen molar-refractivity contribution in [3.63, 3.8) is 0 Å². The minimum atomic E-state index is 0.124. The molecule has 0 unspecified atom stereocenters. The number of hydrogen-bond donors (Lipinski definition) is 0. The molecule has 0 radical (unpaired) electrons. The smallest absolute Gasteiger partial charge is 0.252 e. The van der Waals surface area contributed by atoms with E-state index in [2.05, 4.69) is 160 Å². The molecule has 0 fully saturated rings. The molecule has 5 heterocycles. The van der Waals surface area contributed by atoms with Crippen LogP contribution in [-0.2, 0) is 0 Å². The first-order chi connectivity index (χ1) is 26.3. The van der Waals surface area contributed by atoms with Crippen molar-refractivity contribution < 1.29 is 4.74 Å². The Labute approximate surface area is 305 Å². The minimum Gasteiger partial charge on any atom is -0.453 e. The van der Waals surface area contributed by atoms with Crippen molar-refractivity contribution in [2.75, 3.05) is 4.90 Å². The first kappa shape index (κ1) is 27.7. The standard InChI is InChI=1S/C48H28BN3O/c1-3-17-38-32(11-1)34-13-9-15-36-47(34)51(38)42-27-30(28-43-46(42)49(36)37-16-10-14-35-33-12-2-4-18-39(33)52(43)48(35)37)29-23-25-31(26-24-29)50-40-19-5-7-21-44(40)53-45-22-8-6-20-41(45)50/h1-28H. The summed E-state index contributed by atoms with van der Waals surface area (Å²) in [6.07, 6.45) is 0. The molecule has 3 aliphatic rings. The Kier molecular flexibility index (Phi) is 5.16. The SMILES string of the molecule is c1ccc2c(c1)Oc1ccccc1N2c1ccc(-c2cc3c4c(c2)-n2c5ccccc5c5cccc(c52)B4c2cccc4c5ccccc5n-3c24)cc1. The number of nitrogens with zero attached hydrogens (tertiary/aromatic N) is 3. The lowest BCUT2D eigenvalue weighted by Crippen LogP contribution is -2.59. The molecule has 0 amide bonds. The van der Waals surface area contributed by atoms with E-state index in [1.165, 1.54) is 82.5 Å². The van der Waals surface area contributed by atoms with Crippen LogP contribution in [0.2, 0.25) is 0 Å². The van der Waals surface area contributed by atoms with Gasteiger partial charge in [0, 0.05) is 49.6 Å². The maximum absolute atomic E-state index is 6.31. The van der Waals surface area contributed by atoms with Gasteiger partial charge in [-0.2, -0.15) is 0 Å². The Hall–Kier alpha value is -6.98. The monoisotopic (exact) mass is 673 g/mol. The van der Waals surface area contributed by atoms with Crippen molar-refractivity contribution >= 4 is 83.8 Å². The summed E-state index contributed by atoms with van der Waals surface area (Å²) in [5, 5.41) is 5.20. The molecule has 8 aromatic carbocycles. The van der Waals surface area contributed by atoms with E-state index in [1.54, 1.807) is 0 Å². The Bertz CT molecular complexity index is 3040. The fourth-order valence-electron chi connectivity index (χ4n) is 9.78. The molecule has 5 heteroatoms. The van der Waals surface area contributed by atoms with Crippen LogP contribution in [-0.4, -0.2) is 15.8 Å². The molecule has 0 N–H and O–H groups in total. The highest BCUT2D eigenvalue weighted by molar-refractivity contribution is 7.00. The number of ether oxygens (including phenoxy) is 1. The summed E-state index contributed by atoms with van der Waals surface area (Å²) in [6.45, 7) is 0.124. The fourth-order valence-corrected chi connectivity index (χ4v) is 9.78.